The Morgan fingerprint density at radius 1 is 1.12 bits per heavy atom. The largest absolute Gasteiger partial charge is 0.349 e. The van der Waals surface area contributed by atoms with Gasteiger partial charge in [0.25, 0.3) is 5.91 Å². The van der Waals surface area contributed by atoms with E-state index < -0.39 is 11.7 Å². The first-order valence-electron chi connectivity index (χ1n) is 5.60. The fourth-order valence-electron chi connectivity index (χ4n) is 1.48. The van der Waals surface area contributed by atoms with Crippen molar-refractivity contribution in [1.29, 1.82) is 0 Å². The molecule has 0 saturated carbocycles. The lowest BCUT2D eigenvalue weighted by atomic mass is 10.1. The molecule has 3 heteroatoms. The minimum Gasteiger partial charge on any atom is -0.349 e. The molecule has 0 aliphatic rings. The lowest BCUT2D eigenvalue weighted by Crippen LogP contribution is -2.30. The van der Waals surface area contributed by atoms with E-state index in [9.17, 15) is 9.59 Å². The molecule has 86 valence electrons. The fraction of sp³-hybridized carbons (Fsp3) is 0.385. The number of amides is 1. The maximum absolute atomic E-state index is 11.6. The molecule has 1 aromatic carbocycles. The number of benzene rings is 1. The summed E-state index contributed by atoms with van der Waals surface area (Å²) < 4.78 is 0. The van der Waals surface area contributed by atoms with Gasteiger partial charge in [0.05, 0.1) is 0 Å². The van der Waals surface area contributed by atoms with Crippen molar-refractivity contribution in [3.63, 3.8) is 0 Å². The zero-order valence-corrected chi connectivity index (χ0v) is 9.75. The van der Waals surface area contributed by atoms with Crippen molar-refractivity contribution >= 4 is 11.7 Å². The van der Waals surface area contributed by atoms with Gasteiger partial charge in [0.2, 0.25) is 5.78 Å². The van der Waals surface area contributed by atoms with Gasteiger partial charge >= 0.3 is 0 Å². The summed E-state index contributed by atoms with van der Waals surface area (Å²) in [5.41, 5.74) is 1.64. The molecule has 0 fully saturated rings. The number of carbonyl (C=O) groups is 2. The normalized spacial score (nSPS) is 9.88. The molecule has 0 saturated heterocycles. The highest BCUT2D eigenvalue weighted by Gasteiger charge is 2.14. The van der Waals surface area contributed by atoms with Gasteiger partial charge in [-0.2, -0.15) is 0 Å². The van der Waals surface area contributed by atoms with Gasteiger partial charge in [0.15, 0.2) is 0 Å². The lowest BCUT2D eigenvalue weighted by molar-refractivity contribution is -0.116. The summed E-state index contributed by atoms with van der Waals surface area (Å²) in [6.07, 6.45) is 2.07. The second-order valence-electron chi connectivity index (χ2n) is 3.64. The van der Waals surface area contributed by atoms with Crippen LogP contribution in [0.5, 0.6) is 0 Å². The molecule has 0 atom stereocenters. The number of hydrogen-bond donors (Lipinski definition) is 1. The molecular weight excluding hydrogens is 202 g/mol. The van der Waals surface area contributed by atoms with E-state index in [0.717, 1.165) is 12.8 Å². The molecule has 0 spiro atoms. The number of hydrogen-bond acceptors (Lipinski definition) is 2. The predicted octanol–water partition coefficient (Wildman–Crippen LogP) is 1.96. The summed E-state index contributed by atoms with van der Waals surface area (Å²) >= 11 is 0. The topological polar surface area (TPSA) is 46.2 Å². The lowest BCUT2D eigenvalue weighted by Gasteiger charge is -2.03. The molecule has 0 aromatic heterocycles. The Balaban J connectivity index is 2.73. The Morgan fingerprint density at radius 3 is 2.25 bits per heavy atom. The fourth-order valence-corrected chi connectivity index (χ4v) is 1.48. The van der Waals surface area contributed by atoms with Crippen molar-refractivity contribution < 1.29 is 9.59 Å². The van der Waals surface area contributed by atoms with Gasteiger partial charge in [-0.15, -0.1) is 0 Å². The van der Waals surface area contributed by atoms with Crippen LogP contribution in [-0.2, 0) is 11.2 Å². The van der Waals surface area contributed by atoms with Gasteiger partial charge in [-0.05, 0) is 18.9 Å². The van der Waals surface area contributed by atoms with Crippen LogP contribution in [0.4, 0.5) is 0 Å². The van der Waals surface area contributed by atoms with Gasteiger partial charge in [0.1, 0.15) is 0 Å². The van der Waals surface area contributed by atoms with E-state index in [-0.39, 0.29) is 0 Å². The molecular formula is C13H17NO2. The van der Waals surface area contributed by atoms with Crippen LogP contribution in [-0.4, -0.2) is 18.2 Å². The summed E-state index contributed by atoms with van der Waals surface area (Å²) in [6.45, 7) is 4.36. The van der Waals surface area contributed by atoms with Crippen molar-refractivity contribution in [3.8, 4) is 0 Å². The smallest absolute Gasteiger partial charge is 0.292 e. The van der Waals surface area contributed by atoms with Crippen LogP contribution in [0, 0.1) is 0 Å². The van der Waals surface area contributed by atoms with Gasteiger partial charge < -0.3 is 5.32 Å². The second kappa shape index (κ2) is 6.05. The second-order valence-corrected chi connectivity index (χ2v) is 3.64. The molecule has 0 aliphatic carbocycles. The van der Waals surface area contributed by atoms with Crippen LogP contribution in [0.25, 0.3) is 0 Å². The Bertz CT molecular complexity index is 368. The number of likely N-dealkylation sites (N-methyl/N-ethyl adjacent to an activating group) is 1. The Labute approximate surface area is 95.9 Å². The number of rotatable bonds is 5. The summed E-state index contributed by atoms with van der Waals surface area (Å²) in [5.74, 6) is -1.00. The van der Waals surface area contributed by atoms with Crippen LogP contribution in [0.2, 0.25) is 0 Å². The zero-order valence-electron chi connectivity index (χ0n) is 9.75. The number of ketones is 1. The third-order valence-electron chi connectivity index (χ3n) is 2.30. The average Bonchev–Trinajstić information content (AvgIpc) is 2.30. The maximum Gasteiger partial charge on any atom is 0.292 e. The molecule has 0 aliphatic heterocycles. The Hall–Kier alpha value is -1.64. The van der Waals surface area contributed by atoms with Crippen molar-refractivity contribution in [2.45, 2.75) is 26.7 Å². The van der Waals surface area contributed by atoms with Crippen molar-refractivity contribution in [2.75, 3.05) is 6.54 Å². The third kappa shape index (κ3) is 3.19. The number of aryl methyl sites for hydroxylation is 1. The van der Waals surface area contributed by atoms with Crippen LogP contribution in [0.1, 0.15) is 36.2 Å². The summed E-state index contributed by atoms with van der Waals surface area (Å²) in [7, 11) is 0. The monoisotopic (exact) mass is 219 g/mol. The van der Waals surface area contributed by atoms with E-state index in [1.807, 2.05) is 12.1 Å². The SMILES string of the molecule is CCCc1ccc(C(=O)C(=O)NCC)cc1. The highest BCUT2D eigenvalue weighted by molar-refractivity contribution is 6.42. The van der Waals surface area contributed by atoms with Gasteiger partial charge in [-0.3, -0.25) is 9.59 Å². The predicted molar refractivity (Wildman–Crippen MR) is 63.5 cm³/mol. The standard InChI is InChI=1S/C13H17NO2/c1-3-5-10-6-8-11(9-7-10)12(15)13(16)14-4-2/h6-9H,3-5H2,1-2H3,(H,14,16). The molecule has 16 heavy (non-hydrogen) atoms. The number of carbonyl (C=O) groups excluding carboxylic acids is 2. The molecule has 1 rings (SSSR count). The minimum absolute atomic E-state index is 0.450. The quantitative estimate of drug-likeness (QED) is 0.608. The third-order valence-corrected chi connectivity index (χ3v) is 2.30. The van der Waals surface area contributed by atoms with Crippen molar-refractivity contribution in [3.05, 3.63) is 35.4 Å². The minimum atomic E-state index is -0.536. The Morgan fingerprint density at radius 2 is 1.75 bits per heavy atom. The van der Waals surface area contributed by atoms with E-state index in [2.05, 4.69) is 12.2 Å². The first-order valence-corrected chi connectivity index (χ1v) is 5.60. The van der Waals surface area contributed by atoms with Gasteiger partial charge in [-0.25, -0.2) is 0 Å². The van der Waals surface area contributed by atoms with E-state index in [0.29, 0.717) is 12.1 Å². The highest BCUT2D eigenvalue weighted by atomic mass is 16.2. The van der Waals surface area contributed by atoms with Crippen LogP contribution in [0.3, 0.4) is 0 Å². The molecule has 1 amide bonds. The van der Waals surface area contributed by atoms with E-state index in [1.54, 1.807) is 19.1 Å². The van der Waals surface area contributed by atoms with Gasteiger partial charge in [0, 0.05) is 12.1 Å². The molecule has 1 N–H and O–H groups in total. The van der Waals surface area contributed by atoms with Crippen LogP contribution in [0.15, 0.2) is 24.3 Å². The molecule has 3 nitrogen and oxygen atoms in total. The van der Waals surface area contributed by atoms with E-state index in [4.69, 9.17) is 0 Å². The van der Waals surface area contributed by atoms with Crippen LogP contribution >= 0.6 is 0 Å². The highest BCUT2D eigenvalue weighted by Crippen LogP contribution is 2.07. The first-order chi connectivity index (χ1) is 7.69. The van der Waals surface area contributed by atoms with Crippen LogP contribution < -0.4 is 5.32 Å². The summed E-state index contributed by atoms with van der Waals surface area (Å²) in [6, 6.07) is 7.22. The first kappa shape index (κ1) is 12.4. The molecule has 0 heterocycles. The van der Waals surface area contributed by atoms with E-state index >= 15 is 0 Å². The average molecular weight is 219 g/mol. The summed E-state index contributed by atoms with van der Waals surface area (Å²) in [4.78, 5) is 22.9. The van der Waals surface area contributed by atoms with E-state index in [1.165, 1.54) is 5.56 Å². The molecule has 0 bridgehead atoms. The molecule has 0 unspecified atom stereocenters. The number of nitrogens with one attached hydrogen (secondary N) is 1. The van der Waals surface area contributed by atoms with Crippen molar-refractivity contribution in [1.82, 2.24) is 5.32 Å². The molecule has 1 aromatic rings. The zero-order chi connectivity index (χ0) is 12.0. The van der Waals surface area contributed by atoms with Gasteiger partial charge in [-0.1, -0.05) is 37.6 Å². The summed E-state index contributed by atoms with van der Waals surface area (Å²) in [5, 5.41) is 2.50. The maximum atomic E-state index is 11.6. The van der Waals surface area contributed by atoms with Crippen molar-refractivity contribution in [2.24, 2.45) is 0 Å². The number of Topliss-reactive ketones (excluding diaryl/α,β-unsaturated/α-hetero) is 1. The molecule has 0 radical (unpaired) electrons. The Kier molecular flexibility index (Phi) is 4.70.